The van der Waals surface area contributed by atoms with Crippen molar-refractivity contribution in [2.75, 3.05) is 23.9 Å². The van der Waals surface area contributed by atoms with Crippen LogP contribution in [-0.2, 0) is 10.0 Å². The lowest BCUT2D eigenvalue weighted by Gasteiger charge is -2.28. The van der Waals surface area contributed by atoms with Crippen LogP contribution in [0.1, 0.15) is 40.0 Å². The molecule has 0 heterocycles. The van der Waals surface area contributed by atoms with Crippen molar-refractivity contribution in [1.29, 1.82) is 0 Å². The smallest absolute Gasteiger partial charge is 0.239 e. The Morgan fingerprint density at radius 2 is 1.81 bits per heavy atom. The van der Waals surface area contributed by atoms with Crippen molar-refractivity contribution < 1.29 is 8.42 Å². The van der Waals surface area contributed by atoms with Gasteiger partial charge in [0.15, 0.2) is 0 Å². The number of rotatable bonds is 10. The number of sulfonamides is 1. The van der Waals surface area contributed by atoms with Crippen molar-refractivity contribution in [2.45, 2.75) is 45.3 Å². The molecular formula is C16H28N2O2S. The van der Waals surface area contributed by atoms with Gasteiger partial charge in [-0.25, -0.2) is 8.42 Å². The maximum Gasteiger partial charge on any atom is 0.239 e. The lowest BCUT2D eigenvalue weighted by atomic mass is 10.3. The lowest BCUT2D eigenvalue weighted by Crippen LogP contribution is -2.42. The second kappa shape index (κ2) is 9.05. The number of nitrogens with one attached hydrogen (secondary N) is 1. The topological polar surface area (TPSA) is 49.4 Å². The summed E-state index contributed by atoms with van der Waals surface area (Å²) in [6.07, 6.45) is 2.84. The van der Waals surface area contributed by atoms with Gasteiger partial charge in [0.1, 0.15) is 0 Å². The molecule has 0 fully saturated rings. The number of unbranched alkanes of at least 4 members (excludes halogenated alkanes) is 1. The van der Waals surface area contributed by atoms with Crippen LogP contribution in [0.2, 0.25) is 0 Å². The van der Waals surface area contributed by atoms with Crippen LogP contribution in [-0.4, -0.2) is 33.3 Å². The molecule has 21 heavy (non-hydrogen) atoms. The van der Waals surface area contributed by atoms with E-state index in [9.17, 15) is 8.42 Å². The zero-order valence-electron chi connectivity index (χ0n) is 13.4. The molecule has 0 aliphatic rings. The van der Waals surface area contributed by atoms with Crippen LogP contribution in [0, 0.1) is 0 Å². The molecule has 0 aliphatic heterocycles. The highest BCUT2D eigenvalue weighted by Gasteiger charge is 2.28. The summed E-state index contributed by atoms with van der Waals surface area (Å²) in [5.74, 6) is 0. The summed E-state index contributed by atoms with van der Waals surface area (Å²) in [4.78, 5) is 0. The maximum atomic E-state index is 12.8. The first-order valence-corrected chi connectivity index (χ1v) is 9.31. The van der Waals surface area contributed by atoms with E-state index in [1.807, 2.05) is 30.3 Å². The second-order valence-electron chi connectivity index (χ2n) is 5.32. The number of benzene rings is 1. The van der Waals surface area contributed by atoms with Gasteiger partial charge in [0.25, 0.3) is 0 Å². The van der Waals surface area contributed by atoms with E-state index in [1.54, 1.807) is 11.2 Å². The molecule has 5 heteroatoms. The molecule has 1 N–H and O–H groups in total. The molecule has 1 unspecified atom stereocenters. The van der Waals surface area contributed by atoms with Crippen LogP contribution in [0.25, 0.3) is 0 Å². The van der Waals surface area contributed by atoms with Crippen LogP contribution in [0.3, 0.4) is 0 Å². The van der Waals surface area contributed by atoms with E-state index < -0.39 is 15.3 Å². The second-order valence-corrected chi connectivity index (χ2v) is 7.60. The van der Waals surface area contributed by atoms with Crippen LogP contribution >= 0.6 is 0 Å². The van der Waals surface area contributed by atoms with Crippen molar-refractivity contribution >= 4 is 15.7 Å². The quantitative estimate of drug-likeness (QED) is 0.676. The van der Waals surface area contributed by atoms with E-state index in [-0.39, 0.29) is 0 Å². The number of anilines is 1. The van der Waals surface area contributed by atoms with Crippen molar-refractivity contribution in [1.82, 2.24) is 5.32 Å². The molecule has 120 valence electrons. The van der Waals surface area contributed by atoms with Crippen molar-refractivity contribution in [3.05, 3.63) is 30.3 Å². The van der Waals surface area contributed by atoms with Crippen molar-refractivity contribution in [2.24, 2.45) is 0 Å². The Bertz CT molecular complexity index is 488. The maximum absolute atomic E-state index is 12.8. The van der Waals surface area contributed by atoms with E-state index in [0.717, 1.165) is 31.5 Å². The molecule has 0 radical (unpaired) electrons. The van der Waals surface area contributed by atoms with Gasteiger partial charge in [0, 0.05) is 13.1 Å². The van der Waals surface area contributed by atoms with E-state index in [4.69, 9.17) is 0 Å². The fraction of sp³-hybridized carbons (Fsp3) is 0.625. The van der Waals surface area contributed by atoms with Gasteiger partial charge in [-0.05, 0) is 38.4 Å². The third-order valence-corrected chi connectivity index (χ3v) is 5.62. The minimum absolute atomic E-state index is 0.430. The Morgan fingerprint density at radius 3 is 2.38 bits per heavy atom. The molecule has 0 saturated heterocycles. The molecule has 0 saturated carbocycles. The SMILES string of the molecule is CCCCN(c1ccccc1)S(=O)(=O)C(C)CNCCC. The molecule has 0 aromatic heterocycles. The third kappa shape index (κ3) is 5.32. The summed E-state index contributed by atoms with van der Waals surface area (Å²) >= 11 is 0. The first-order chi connectivity index (χ1) is 10.0. The van der Waals surface area contributed by atoms with E-state index >= 15 is 0 Å². The summed E-state index contributed by atoms with van der Waals surface area (Å²) < 4.78 is 27.2. The first kappa shape index (κ1) is 18.0. The van der Waals surface area contributed by atoms with Gasteiger partial charge < -0.3 is 5.32 Å². The van der Waals surface area contributed by atoms with Crippen molar-refractivity contribution in [3.8, 4) is 0 Å². The fourth-order valence-corrected chi connectivity index (χ4v) is 3.67. The number of para-hydroxylation sites is 1. The van der Waals surface area contributed by atoms with E-state index in [2.05, 4.69) is 19.2 Å². The predicted molar refractivity (Wildman–Crippen MR) is 90.2 cm³/mol. The average molecular weight is 312 g/mol. The molecule has 0 bridgehead atoms. The normalized spacial score (nSPS) is 13.1. The molecule has 1 atom stereocenters. The molecule has 1 rings (SSSR count). The van der Waals surface area contributed by atoms with Crippen molar-refractivity contribution in [3.63, 3.8) is 0 Å². The largest absolute Gasteiger partial charge is 0.315 e. The monoisotopic (exact) mass is 312 g/mol. The zero-order chi connectivity index (χ0) is 15.7. The molecule has 4 nitrogen and oxygen atoms in total. The molecule has 0 spiro atoms. The van der Waals surface area contributed by atoms with E-state index in [0.29, 0.717) is 13.1 Å². The lowest BCUT2D eigenvalue weighted by molar-refractivity contribution is 0.564. The van der Waals surface area contributed by atoms with E-state index in [1.165, 1.54) is 0 Å². The van der Waals surface area contributed by atoms with Crippen LogP contribution < -0.4 is 9.62 Å². The predicted octanol–water partition coefficient (Wildman–Crippen LogP) is 3.01. The highest BCUT2D eigenvalue weighted by atomic mass is 32.2. The summed E-state index contributed by atoms with van der Waals surface area (Å²) in [6.45, 7) is 7.80. The number of hydrogen-bond donors (Lipinski definition) is 1. The van der Waals surface area contributed by atoms with Crippen LogP contribution in [0.15, 0.2) is 30.3 Å². The third-order valence-electron chi connectivity index (χ3n) is 3.43. The Balaban J connectivity index is 2.90. The van der Waals surface area contributed by atoms with Crippen LogP contribution in [0.5, 0.6) is 0 Å². The van der Waals surface area contributed by atoms with Gasteiger partial charge in [0.2, 0.25) is 10.0 Å². The highest BCUT2D eigenvalue weighted by molar-refractivity contribution is 7.93. The number of hydrogen-bond acceptors (Lipinski definition) is 3. The highest BCUT2D eigenvalue weighted by Crippen LogP contribution is 2.21. The Hall–Kier alpha value is -1.07. The van der Waals surface area contributed by atoms with Gasteiger partial charge in [-0.2, -0.15) is 0 Å². The minimum Gasteiger partial charge on any atom is -0.315 e. The first-order valence-electron chi connectivity index (χ1n) is 7.81. The molecule has 0 amide bonds. The van der Waals surface area contributed by atoms with Crippen LogP contribution in [0.4, 0.5) is 5.69 Å². The molecular weight excluding hydrogens is 284 g/mol. The number of nitrogens with zero attached hydrogens (tertiary/aromatic N) is 1. The average Bonchev–Trinajstić information content (AvgIpc) is 2.48. The Labute approximate surface area is 129 Å². The summed E-state index contributed by atoms with van der Waals surface area (Å²) in [6, 6.07) is 9.38. The fourth-order valence-electron chi connectivity index (χ4n) is 2.10. The molecule has 1 aromatic rings. The van der Waals surface area contributed by atoms with Gasteiger partial charge in [-0.1, -0.05) is 38.5 Å². The van der Waals surface area contributed by atoms with Gasteiger partial charge in [-0.3, -0.25) is 4.31 Å². The zero-order valence-corrected chi connectivity index (χ0v) is 14.2. The Kier molecular flexibility index (Phi) is 7.75. The minimum atomic E-state index is -3.34. The van der Waals surface area contributed by atoms with Gasteiger partial charge in [0.05, 0.1) is 10.9 Å². The van der Waals surface area contributed by atoms with Gasteiger partial charge in [-0.15, -0.1) is 0 Å². The Morgan fingerprint density at radius 1 is 1.14 bits per heavy atom. The van der Waals surface area contributed by atoms with Gasteiger partial charge >= 0.3 is 0 Å². The molecule has 1 aromatic carbocycles. The summed E-state index contributed by atoms with van der Waals surface area (Å²) in [5, 5.41) is 2.77. The standard InChI is InChI=1S/C16H28N2O2S/c1-4-6-13-18(16-10-8-7-9-11-16)21(19,20)15(3)14-17-12-5-2/h7-11,15,17H,4-6,12-14H2,1-3H3. The summed E-state index contributed by atoms with van der Waals surface area (Å²) in [7, 11) is -3.34. The molecule has 0 aliphatic carbocycles. The summed E-state index contributed by atoms with van der Waals surface area (Å²) in [5.41, 5.74) is 0.758.